The van der Waals surface area contributed by atoms with Crippen molar-refractivity contribution in [1.29, 1.82) is 0 Å². The lowest BCUT2D eigenvalue weighted by Crippen LogP contribution is -2.32. The van der Waals surface area contributed by atoms with Gasteiger partial charge in [-0.05, 0) is 37.1 Å². The summed E-state index contributed by atoms with van der Waals surface area (Å²) in [5.74, 6) is 0.493. The minimum atomic E-state index is -0.286. The van der Waals surface area contributed by atoms with Crippen molar-refractivity contribution in [1.82, 2.24) is 9.88 Å². The number of hydrogen-bond acceptors (Lipinski definition) is 4. The van der Waals surface area contributed by atoms with Crippen LogP contribution in [0, 0.1) is 12.7 Å². The topological polar surface area (TPSA) is 51.1 Å². The Morgan fingerprint density at radius 2 is 2.30 bits per heavy atom. The highest BCUT2D eigenvalue weighted by atomic mass is 32.2. The predicted octanol–water partition coefficient (Wildman–Crippen LogP) is 3.10. The number of aromatic nitrogens is 1. The first-order valence-corrected chi connectivity index (χ1v) is 9.27. The maximum atomic E-state index is 13.5. The molecule has 0 saturated carbocycles. The molecule has 0 aliphatic carbocycles. The first-order valence-electron chi connectivity index (χ1n) is 7.41. The lowest BCUT2D eigenvalue weighted by Gasteiger charge is -2.26. The molecule has 1 N–H and O–H groups in total. The third kappa shape index (κ3) is 3.67. The summed E-state index contributed by atoms with van der Waals surface area (Å²) in [4.78, 5) is 24.8. The Balaban J connectivity index is 1.65. The van der Waals surface area contributed by atoms with Crippen LogP contribution in [0.15, 0.2) is 33.3 Å². The van der Waals surface area contributed by atoms with E-state index in [0.717, 1.165) is 39.7 Å². The Hall–Kier alpha value is -1.60. The average Bonchev–Trinajstić information content (AvgIpc) is 2.84. The van der Waals surface area contributed by atoms with Gasteiger partial charge in [0.25, 0.3) is 0 Å². The first kappa shape index (κ1) is 16.3. The van der Waals surface area contributed by atoms with Gasteiger partial charge in [0.05, 0.1) is 6.04 Å². The average molecular weight is 352 g/mol. The smallest absolute Gasteiger partial charge is 0.307 e. The van der Waals surface area contributed by atoms with Crippen LogP contribution in [-0.2, 0) is 11.3 Å². The molecule has 3 rings (SSSR count). The molecule has 7 heteroatoms. The number of thioether (sulfide) groups is 1. The normalized spacial score (nSPS) is 16.9. The maximum absolute atomic E-state index is 13.5. The minimum Gasteiger partial charge on any atom is -0.349 e. The largest absolute Gasteiger partial charge is 0.349 e. The molecule has 0 saturated heterocycles. The Morgan fingerprint density at radius 3 is 3.04 bits per heavy atom. The summed E-state index contributed by atoms with van der Waals surface area (Å²) in [5.41, 5.74) is 1.72. The van der Waals surface area contributed by atoms with Crippen molar-refractivity contribution >= 4 is 29.0 Å². The number of carbonyl (C=O) groups excluding carboxylic acids is 1. The molecule has 1 aliphatic rings. The van der Waals surface area contributed by atoms with Gasteiger partial charge in [0.15, 0.2) is 0 Å². The fraction of sp³-hybridized carbons (Fsp3) is 0.375. The lowest BCUT2D eigenvalue weighted by molar-refractivity contribution is -0.122. The number of hydrogen-bond donors (Lipinski definition) is 1. The molecule has 0 spiro atoms. The van der Waals surface area contributed by atoms with Crippen molar-refractivity contribution in [3.63, 3.8) is 0 Å². The second kappa shape index (κ2) is 6.88. The number of benzene rings is 1. The van der Waals surface area contributed by atoms with Crippen molar-refractivity contribution in [2.75, 3.05) is 5.75 Å². The highest BCUT2D eigenvalue weighted by Gasteiger charge is 2.22. The van der Waals surface area contributed by atoms with Crippen LogP contribution in [0.5, 0.6) is 0 Å². The molecule has 23 heavy (non-hydrogen) atoms. The fourth-order valence-electron chi connectivity index (χ4n) is 2.67. The number of carbonyl (C=O) groups is 1. The van der Waals surface area contributed by atoms with Gasteiger partial charge in [-0.3, -0.25) is 9.59 Å². The van der Waals surface area contributed by atoms with E-state index in [9.17, 15) is 14.0 Å². The van der Waals surface area contributed by atoms with Gasteiger partial charge in [0.1, 0.15) is 5.82 Å². The summed E-state index contributed by atoms with van der Waals surface area (Å²) in [5, 5.41) is 4.76. The molecule has 1 amide bonds. The highest BCUT2D eigenvalue weighted by Crippen LogP contribution is 2.36. The summed E-state index contributed by atoms with van der Waals surface area (Å²) in [7, 11) is 0. The number of halogens is 1. The van der Waals surface area contributed by atoms with E-state index in [2.05, 4.69) is 5.32 Å². The quantitative estimate of drug-likeness (QED) is 0.920. The second-order valence-electron chi connectivity index (χ2n) is 5.48. The summed E-state index contributed by atoms with van der Waals surface area (Å²) in [6.45, 7) is 2.23. The number of rotatable bonds is 4. The van der Waals surface area contributed by atoms with Gasteiger partial charge in [-0.2, -0.15) is 0 Å². The van der Waals surface area contributed by atoms with Crippen molar-refractivity contribution in [3.05, 3.63) is 50.3 Å². The summed E-state index contributed by atoms with van der Waals surface area (Å²) in [6, 6.07) is 4.55. The van der Waals surface area contributed by atoms with E-state index in [-0.39, 0.29) is 29.1 Å². The molecule has 1 aromatic heterocycles. The Kier molecular flexibility index (Phi) is 4.87. The van der Waals surface area contributed by atoms with Gasteiger partial charge in [-0.25, -0.2) is 4.39 Å². The zero-order valence-electron chi connectivity index (χ0n) is 12.7. The fourth-order valence-corrected chi connectivity index (χ4v) is 4.54. The number of amides is 1. The third-order valence-corrected chi connectivity index (χ3v) is 5.89. The Morgan fingerprint density at radius 1 is 1.48 bits per heavy atom. The van der Waals surface area contributed by atoms with Crippen LogP contribution >= 0.6 is 23.1 Å². The van der Waals surface area contributed by atoms with E-state index in [1.165, 1.54) is 12.1 Å². The molecule has 0 fully saturated rings. The SMILES string of the molecule is Cc1csc(=O)n1CCC(=O)N[C@@H]1CCSc2ccc(F)cc21. The van der Waals surface area contributed by atoms with E-state index in [4.69, 9.17) is 0 Å². The molecule has 1 aliphatic heterocycles. The van der Waals surface area contributed by atoms with Crippen LogP contribution in [0.2, 0.25) is 0 Å². The van der Waals surface area contributed by atoms with E-state index in [0.29, 0.717) is 6.54 Å². The molecule has 1 aromatic carbocycles. The van der Waals surface area contributed by atoms with E-state index in [1.807, 2.05) is 6.92 Å². The first-order chi connectivity index (χ1) is 11.0. The number of fused-ring (bicyclic) bond motifs is 1. The lowest BCUT2D eigenvalue weighted by atomic mass is 10.0. The van der Waals surface area contributed by atoms with Gasteiger partial charge in [-0.1, -0.05) is 11.3 Å². The van der Waals surface area contributed by atoms with Crippen molar-refractivity contribution in [2.45, 2.75) is 37.2 Å². The molecular weight excluding hydrogens is 335 g/mol. The number of thiazole rings is 1. The maximum Gasteiger partial charge on any atom is 0.307 e. The van der Waals surface area contributed by atoms with Gasteiger partial charge in [-0.15, -0.1) is 11.8 Å². The molecule has 0 radical (unpaired) electrons. The van der Waals surface area contributed by atoms with E-state index >= 15 is 0 Å². The molecule has 122 valence electrons. The summed E-state index contributed by atoms with van der Waals surface area (Å²) < 4.78 is 15.1. The molecule has 2 aromatic rings. The van der Waals surface area contributed by atoms with Crippen LogP contribution in [0.3, 0.4) is 0 Å². The van der Waals surface area contributed by atoms with Crippen molar-refractivity contribution < 1.29 is 9.18 Å². The minimum absolute atomic E-state index is 0.0446. The second-order valence-corrected chi connectivity index (χ2v) is 7.44. The molecule has 1 atom stereocenters. The van der Waals surface area contributed by atoms with Gasteiger partial charge in [0, 0.05) is 34.7 Å². The molecule has 0 unspecified atom stereocenters. The van der Waals surface area contributed by atoms with E-state index < -0.39 is 0 Å². The van der Waals surface area contributed by atoms with Crippen LogP contribution in [0.25, 0.3) is 0 Å². The van der Waals surface area contributed by atoms with Crippen LogP contribution in [-0.4, -0.2) is 16.2 Å². The summed E-state index contributed by atoms with van der Waals surface area (Å²) >= 11 is 2.82. The zero-order chi connectivity index (χ0) is 16.4. The predicted molar refractivity (Wildman–Crippen MR) is 90.6 cm³/mol. The number of aryl methyl sites for hydroxylation is 1. The monoisotopic (exact) mass is 352 g/mol. The van der Waals surface area contributed by atoms with Crippen molar-refractivity contribution in [2.24, 2.45) is 0 Å². The van der Waals surface area contributed by atoms with E-state index in [1.54, 1.807) is 27.8 Å². The number of nitrogens with one attached hydrogen (secondary N) is 1. The molecule has 4 nitrogen and oxygen atoms in total. The molecule has 2 heterocycles. The van der Waals surface area contributed by atoms with Gasteiger partial charge in [0.2, 0.25) is 5.91 Å². The Bertz CT molecular complexity index is 785. The van der Waals surface area contributed by atoms with Crippen LogP contribution in [0.1, 0.15) is 30.1 Å². The zero-order valence-corrected chi connectivity index (χ0v) is 14.3. The highest BCUT2D eigenvalue weighted by molar-refractivity contribution is 7.99. The molecular formula is C16H17FN2O2S2. The van der Waals surface area contributed by atoms with Gasteiger partial charge >= 0.3 is 4.87 Å². The Labute approximate surface area is 141 Å². The van der Waals surface area contributed by atoms with Gasteiger partial charge < -0.3 is 9.88 Å². The number of nitrogens with zero attached hydrogens (tertiary/aromatic N) is 1. The third-order valence-electron chi connectivity index (χ3n) is 3.89. The van der Waals surface area contributed by atoms with Crippen LogP contribution < -0.4 is 10.2 Å². The van der Waals surface area contributed by atoms with Crippen LogP contribution in [0.4, 0.5) is 4.39 Å². The standard InChI is InChI=1S/C16H17FN2O2S2/c1-10-9-23-16(21)19(10)6-4-15(20)18-13-5-7-22-14-3-2-11(17)8-12(13)14/h2-3,8-9,13H,4-7H2,1H3,(H,18,20)/t13-/m1/s1. The molecule has 0 bridgehead atoms. The van der Waals surface area contributed by atoms with Crippen molar-refractivity contribution in [3.8, 4) is 0 Å². The summed E-state index contributed by atoms with van der Waals surface area (Å²) in [6.07, 6.45) is 1.02.